The van der Waals surface area contributed by atoms with Gasteiger partial charge in [0.05, 0.1) is 0 Å². The fourth-order valence-corrected chi connectivity index (χ4v) is 2.97. The molecule has 0 heterocycles. The molecule has 4 heteroatoms. The summed E-state index contributed by atoms with van der Waals surface area (Å²) in [6, 6.07) is 12.9. The summed E-state index contributed by atoms with van der Waals surface area (Å²) in [7, 11) is 0. The normalized spacial score (nSPS) is 10.7. The number of carbonyl (C=O) groups is 1. The molecule has 0 bridgehead atoms. The Morgan fingerprint density at radius 3 is 2.26 bits per heavy atom. The number of hydrogen-bond donors (Lipinski definition) is 1. The van der Waals surface area contributed by atoms with Crippen molar-refractivity contribution >= 4 is 29.0 Å². The third kappa shape index (κ3) is 5.35. The van der Waals surface area contributed by atoms with Crippen molar-refractivity contribution in [3.8, 4) is 11.1 Å². The van der Waals surface area contributed by atoms with Crippen LogP contribution in [0, 0.1) is 0 Å². The van der Waals surface area contributed by atoms with E-state index in [4.69, 9.17) is 28.3 Å². The highest BCUT2D eigenvalue weighted by molar-refractivity contribution is 6.36. The molecule has 2 rings (SSSR count). The fraction of sp³-hybridized carbons (Fsp3) is 0.316. The van der Waals surface area contributed by atoms with Crippen molar-refractivity contribution in [2.45, 2.75) is 32.1 Å². The van der Waals surface area contributed by atoms with E-state index < -0.39 is 0 Å². The van der Waals surface area contributed by atoms with Crippen molar-refractivity contribution in [3.05, 3.63) is 58.1 Å². The Hall–Kier alpha value is -1.35. The zero-order chi connectivity index (χ0) is 16.7. The van der Waals surface area contributed by atoms with Crippen LogP contribution in [-0.4, -0.2) is 17.5 Å². The van der Waals surface area contributed by atoms with E-state index in [1.54, 1.807) is 12.1 Å². The first-order valence-corrected chi connectivity index (χ1v) is 8.57. The van der Waals surface area contributed by atoms with Gasteiger partial charge in [-0.3, -0.25) is 4.79 Å². The molecule has 0 spiro atoms. The van der Waals surface area contributed by atoms with Gasteiger partial charge in [0.15, 0.2) is 5.78 Å². The maximum absolute atomic E-state index is 12.1. The van der Waals surface area contributed by atoms with Gasteiger partial charge in [0.1, 0.15) is 0 Å². The van der Waals surface area contributed by atoms with Gasteiger partial charge in [-0.25, -0.2) is 0 Å². The lowest BCUT2D eigenvalue weighted by atomic mass is 10.00. The first-order valence-electron chi connectivity index (χ1n) is 7.81. The second-order valence-electron chi connectivity index (χ2n) is 5.51. The van der Waals surface area contributed by atoms with Crippen LogP contribution in [-0.2, 0) is 0 Å². The lowest BCUT2D eigenvalue weighted by Gasteiger charge is -2.07. The van der Waals surface area contributed by atoms with E-state index in [-0.39, 0.29) is 12.4 Å². The number of hydrogen-bond acceptors (Lipinski definition) is 2. The number of ketones is 1. The Labute approximate surface area is 147 Å². The van der Waals surface area contributed by atoms with Crippen molar-refractivity contribution < 1.29 is 9.90 Å². The molecule has 23 heavy (non-hydrogen) atoms. The van der Waals surface area contributed by atoms with Gasteiger partial charge in [-0.15, -0.1) is 0 Å². The molecule has 122 valence electrons. The zero-order valence-corrected chi connectivity index (χ0v) is 14.4. The quantitative estimate of drug-likeness (QED) is 0.483. The second kappa shape index (κ2) is 9.07. The van der Waals surface area contributed by atoms with Crippen molar-refractivity contribution in [2.75, 3.05) is 6.61 Å². The molecule has 0 fully saturated rings. The summed E-state index contributed by atoms with van der Waals surface area (Å²) < 4.78 is 0. The highest BCUT2D eigenvalue weighted by atomic mass is 35.5. The number of unbranched alkanes of at least 4 members (excludes halogenated alkanes) is 3. The molecule has 0 radical (unpaired) electrons. The molecule has 2 nitrogen and oxygen atoms in total. The Bertz CT molecular complexity index is 651. The van der Waals surface area contributed by atoms with Gasteiger partial charge in [0.2, 0.25) is 0 Å². The molecule has 0 aromatic heterocycles. The highest BCUT2D eigenvalue weighted by Gasteiger charge is 2.08. The van der Waals surface area contributed by atoms with Crippen molar-refractivity contribution in [1.82, 2.24) is 0 Å². The fourth-order valence-electron chi connectivity index (χ4n) is 2.45. The van der Waals surface area contributed by atoms with Crippen LogP contribution < -0.4 is 0 Å². The van der Waals surface area contributed by atoms with E-state index in [0.717, 1.165) is 42.4 Å². The van der Waals surface area contributed by atoms with E-state index in [2.05, 4.69) is 0 Å². The molecule has 2 aromatic carbocycles. The third-order valence-electron chi connectivity index (χ3n) is 3.76. The number of aliphatic hydroxyl groups is 1. The molecule has 1 N–H and O–H groups in total. The first kappa shape index (κ1) is 18.0. The summed E-state index contributed by atoms with van der Waals surface area (Å²) in [6.07, 6.45) is 4.17. The molecule has 0 unspecified atom stereocenters. The van der Waals surface area contributed by atoms with Gasteiger partial charge in [0, 0.05) is 34.2 Å². The minimum Gasteiger partial charge on any atom is -0.396 e. The topological polar surface area (TPSA) is 37.3 Å². The summed E-state index contributed by atoms with van der Waals surface area (Å²) in [5, 5.41) is 9.92. The summed E-state index contributed by atoms with van der Waals surface area (Å²) in [6.45, 7) is 0.225. The summed E-state index contributed by atoms with van der Waals surface area (Å²) in [5.74, 6) is 0.155. The van der Waals surface area contributed by atoms with Gasteiger partial charge in [-0.1, -0.05) is 66.4 Å². The summed E-state index contributed by atoms with van der Waals surface area (Å²) >= 11 is 12.1. The van der Waals surface area contributed by atoms with E-state index in [0.29, 0.717) is 16.5 Å². The number of halogens is 2. The molecule has 0 saturated heterocycles. The monoisotopic (exact) mass is 350 g/mol. The molecule has 0 amide bonds. The second-order valence-corrected chi connectivity index (χ2v) is 6.36. The molecule has 0 saturated carbocycles. The lowest BCUT2D eigenvalue weighted by Crippen LogP contribution is -1.99. The largest absolute Gasteiger partial charge is 0.396 e. The van der Waals surface area contributed by atoms with Gasteiger partial charge < -0.3 is 5.11 Å². The van der Waals surface area contributed by atoms with Gasteiger partial charge in [-0.2, -0.15) is 0 Å². The van der Waals surface area contributed by atoms with Crippen LogP contribution in [0.25, 0.3) is 11.1 Å². The Balaban J connectivity index is 1.97. The lowest BCUT2D eigenvalue weighted by molar-refractivity contribution is 0.0979. The Morgan fingerprint density at radius 1 is 0.913 bits per heavy atom. The number of aliphatic hydroxyl groups excluding tert-OH is 1. The summed E-state index contributed by atoms with van der Waals surface area (Å²) in [4.78, 5) is 12.1. The minimum atomic E-state index is 0.155. The van der Waals surface area contributed by atoms with Crippen molar-refractivity contribution in [3.63, 3.8) is 0 Å². The highest BCUT2D eigenvalue weighted by Crippen LogP contribution is 2.30. The number of Topliss-reactive ketones (excluding diaryl/α,β-unsaturated/α-hetero) is 1. The Morgan fingerprint density at radius 2 is 1.61 bits per heavy atom. The van der Waals surface area contributed by atoms with E-state index in [1.165, 1.54) is 0 Å². The van der Waals surface area contributed by atoms with Gasteiger partial charge in [0.25, 0.3) is 0 Å². The van der Waals surface area contributed by atoms with Gasteiger partial charge in [-0.05, 0) is 30.5 Å². The number of carbonyl (C=O) groups excluding carboxylic acids is 1. The maximum atomic E-state index is 12.1. The first-order chi connectivity index (χ1) is 11.1. The Kier molecular flexibility index (Phi) is 7.10. The van der Waals surface area contributed by atoms with E-state index in [1.807, 2.05) is 30.3 Å². The maximum Gasteiger partial charge on any atom is 0.162 e. The van der Waals surface area contributed by atoms with Gasteiger partial charge >= 0.3 is 0 Å². The van der Waals surface area contributed by atoms with Crippen LogP contribution in [0.5, 0.6) is 0 Å². The van der Waals surface area contributed by atoms with Crippen molar-refractivity contribution in [2.24, 2.45) is 0 Å². The molecule has 2 aromatic rings. The van der Waals surface area contributed by atoms with Crippen LogP contribution in [0.2, 0.25) is 10.0 Å². The molecular formula is C19H20Cl2O2. The third-order valence-corrected chi connectivity index (χ3v) is 4.31. The van der Waals surface area contributed by atoms with Crippen LogP contribution in [0.1, 0.15) is 42.5 Å². The van der Waals surface area contributed by atoms with Crippen LogP contribution in [0.3, 0.4) is 0 Å². The average Bonchev–Trinajstić information content (AvgIpc) is 2.55. The van der Waals surface area contributed by atoms with Crippen LogP contribution in [0.4, 0.5) is 0 Å². The standard InChI is InChI=1S/C19H20Cl2O2/c20-16-10-11-17(18(21)13-16)14-6-8-15(9-7-14)19(23)5-3-1-2-4-12-22/h6-11,13,22H,1-5,12H2. The van der Waals surface area contributed by atoms with Crippen LogP contribution >= 0.6 is 23.2 Å². The SMILES string of the molecule is O=C(CCCCCCO)c1ccc(-c2ccc(Cl)cc2Cl)cc1. The molecule has 0 aliphatic heterocycles. The molecule has 0 atom stereocenters. The smallest absolute Gasteiger partial charge is 0.162 e. The van der Waals surface area contributed by atoms with E-state index >= 15 is 0 Å². The number of rotatable bonds is 8. The minimum absolute atomic E-state index is 0.155. The van der Waals surface area contributed by atoms with Crippen LogP contribution in [0.15, 0.2) is 42.5 Å². The zero-order valence-electron chi connectivity index (χ0n) is 12.9. The molecular weight excluding hydrogens is 331 g/mol. The summed E-state index contributed by atoms with van der Waals surface area (Å²) in [5.41, 5.74) is 2.59. The average molecular weight is 351 g/mol. The molecule has 0 aliphatic rings. The number of benzene rings is 2. The molecule has 0 aliphatic carbocycles. The van der Waals surface area contributed by atoms with E-state index in [9.17, 15) is 4.79 Å². The van der Waals surface area contributed by atoms with Crippen molar-refractivity contribution in [1.29, 1.82) is 0 Å². The predicted molar refractivity (Wildman–Crippen MR) is 96.4 cm³/mol. The predicted octanol–water partition coefficient (Wildman–Crippen LogP) is 5.79.